The van der Waals surface area contributed by atoms with E-state index in [1.807, 2.05) is 43.4 Å². The zero-order chi connectivity index (χ0) is 22.7. The molecule has 1 aromatic heterocycles. The molecule has 1 saturated carbocycles. The number of anilines is 1. The molecule has 0 saturated heterocycles. The van der Waals surface area contributed by atoms with Crippen LogP contribution in [0.4, 0.5) is 5.69 Å². The maximum absolute atomic E-state index is 13.3. The van der Waals surface area contributed by atoms with E-state index in [4.69, 9.17) is 11.6 Å². The van der Waals surface area contributed by atoms with E-state index in [0.717, 1.165) is 33.0 Å². The number of rotatable bonds is 5. The smallest absolute Gasteiger partial charge is 0.325 e. The molecule has 0 radical (unpaired) electrons. The van der Waals surface area contributed by atoms with Gasteiger partial charge >= 0.3 is 5.97 Å². The molecule has 1 aliphatic carbocycles. The van der Waals surface area contributed by atoms with E-state index in [-0.39, 0.29) is 10.1 Å². The average molecular weight is 489 g/mol. The second-order valence-corrected chi connectivity index (χ2v) is 11.7. The summed E-state index contributed by atoms with van der Waals surface area (Å²) >= 11 is 7.05. The van der Waals surface area contributed by atoms with Gasteiger partial charge in [0.05, 0.1) is 0 Å². The molecule has 0 spiro atoms. The van der Waals surface area contributed by atoms with Gasteiger partial charge in [-0.25, -0.2) is 8.42 Å². The van der Waals surface area contributed by atoms with Crippen molar-refractivity contribution in [2.45, 2.75) is 22.1 Å². The first-order chi connectivity index (χ1) is 15.2. The zero-order valence-corrected chi connectivity index (χ0v) is 19.5. The number of fused-ring (bicyclic) bond motifs is 3. The van der Waals surface area contributed by atoms with Crippen LogP contribution in [0.3, 0.4) is 0 Å². The van der Waals surface area contributed by atoms with Crippen molar-refractivity contribution in [2.75, 3.05) is 18.5 Å². The van der Waals surface area contributed by atoms with Gasteiger partial charge in [-0.2, -0.15) is 4.72 Å². The number of thiophene rings is 1. The van der Waals surface area contributed by atoms with Crippen LogP contribution in [0.15, 0.2) is 64.9 Å². The normalized spacial score (nSPS) is 24.4. The molecule has 32 heavy (non-hydrogen) atoms. The van der Waals surface area contributed by atoms with Crippen molar-refractivity contribution >= 4 is 44.6 Å². The standard InChI is InChI=1S/C23H21ClN2O4S2/c1-26-13-12-17-21(16-4-2-3-5-18(16)26)23(17,22(27)28)25-32(29,30)20-11-10-19(31-20)14-6-8-15(24)9-7-14/h2-11,17,21,25H,12-13H2,1H3,(H,27,28). The Hall–Kier alpha value is -2.39. The van der Waals surface area contributed by atoms with Crippen molar-refractivity contribution in [3.05, 3.63) is 71.2 Å². The van der Waals surface area contributed by atoms with Crippen molar-refractivity contribution in [3.8, 4) is 10.4 Å². The van der Waals surface area contributed by atoms with Gasteiger partial charge in [0.15, 0.2) is 0 Å². The second kappa shape index (κ2) is 7.59. The number of sulfonamides is 1. The molecule has 6 nitrogen and oxygen atoms in total. The molecule has 2 N–H and O–H groups in total. The number of halogens is 1. The van der Waals surface area contributed by atoms with Gasteiger partial charge in [-0.15, -0.1) is 11.3 Å². The van der Waals surface area contributed by atoms with Crippen LogP contribution < -0.4 is 9.62 Å². The highest BCUT2D eigenvalue weighted by Gasteiger charge is 2.72. The van der Waals surface area contributed by atoms with Gasteiger partial charge in [0, 0.05) is 41.0 Å². The van der Waals surface area contributed by atoms with Crippen LogP contribution in [-0.4, -0.2) is 38.6 Å². The maximum Gasteiger partial charge on any atom is 0.325 e. The first-order valence-electron chi connectivity index (χ1n) is 10.2. The number of nitrogens with zero attached hydrogens (tertiary/aromatic N) is 1. The van der Waals surface area contributed by atoms with E-state index in [1.54, 1.807) is 18.2 Å². The summed E-state index contributed by atoms with van der Waals surface area (Å²) in [4.78, 5) is 15.3. The van der Waals surface area contributed by atoms with Crippen molar-refractivity contribution < 1.29 is 18.3 Å². The number of para-hydroxylation sites is 1. The molecule has 166 valence electrons. The molecule has 0 bridgehead atoms. The summed E-state index contributed by atoms with van der Waals surface area (Å²) < 4.78 is 29.3. The molecule has 3 unspecified atom stereocenters. The number of carbonyl (C=O) groups is 1. The molecule has 2 aromatic carbocycles. The second-order valence-electron chi connectivity index (χ2n) is 8.26. The van der Waals surface area contributed by atoms with Crippen LogP contribution in [0.5, 0.6) is 0 Å². The monoisotopic (exact) mass is 488 g/mol. The quantitative estimate of drug-likeness (QED) is 0.555. The first-order valence-corrected chi connectivity index (χ1v) is 12.8. The lowest BCUT2D eigenvalue weighted by Crippen LogP contribution is -2.46. The maximum atomic E-state index is 13.3. The minimum atomic E-state index is -4.03. The fraction of sp³-hybridized carbons (Fsp3) is 0.261. The summed E-state index contributed by atoms with van der Waals surface area (Å²) in [7, 11) is -2.06. The Morgan fingerprint density at radius 2 is 1.88 bits per heavy atom. The molecule has 1 fully saturated rings. The number of aliphatic carboxylic acids is 1. The minimum Gasteiger partial charge on any atom is -0.480 e. The van der Waals surface area contributed by atoms with Gasteiger partial charge in [0.2, 0.25) is 0 Å². The van der Waals surface area contributed by atoms with Gasteiger partial charge in [0.25, 0.3) is 10.0 Å². The highest BCUT2D eigenvalue weighted by atomic mass is 35.5. The SMILES string of the molecule is CN1CCC2C(c3ccccc31)C2(NS(=O)(=O)c1ccc(-c2ccc(Cl)cc2)s1)C(=O)O. The molecule has 3 atom stereocenters. The fourth-order valence-electron chi connectivity index (χ4n) is 4.85. The van der Waals surface area contributed by atoms with Crippen molar-refractivity contribution in [3.63, 3.8) is 0 Å². The Kier molecular flexibility index (Phi) is 5.09. The summed E-state index contributed by atoms with van der Waals surface area (Å²) in [5.74, 6) is -1.85. The van der Waals surface area contributed by atoms with Gasteiger partial charge in [-0.05, 0) is 47.9 Å². The van der Waals surface area contributed by atoms with Gasteiger partial charge < -0.3 is 10.0 Å². The molecular formula is C23H21ClN2O4S2. The Bertz CT molecular complexity index is 1310. The van der Waals surface area contributed by atoms with Crippen LogP contribution in [0.2, 0.25) is 5.02 Å². The number of hydrogen-bond acceptors (Lipinski definition) is 5. The Balaban J connectivity index is 1.49. The third kappa shape index (κ3) is 3.33. The van der Waals surface area contributed by atoms with Crippen LogP contribution in [0.25, 0.3) is 10.4 Å². The van der Waals surface area contributed by atoms with Crippen LogP contribution in [0.1, 0.15) is 17.9 Å². The predicted molar refractivity (Wildman–Crippen MR) is 126 cm³/mol. The largest absolute Gasteiger partial charge is 0.480 e. The lowest BCUT2D eigenvalue weighted by atomic mass is 10.0. The number of benzene rings is 2. The van der Waals surface area contributed by atoms with Crippen LogP contribution >= 0.6 is 22.9 Å². The highest BCUT2D eigenvalue weighted by molar-refractivity contribution is 7.91. The fourth-order valence-corrected chi connectivity index (χ4v) is 7.71. The topological polar surface area (TPSA) is 86.7 Å². The minimum absolute atomic E-state index is 0.0925. The third-order valence-corrected chi connectivity index (χ3v) is 9.82. The van der Waals surface area contributed by atoms with Crippen molar-refractivity contribution in [2.24, 2.45) is 5.92 Å². The van der Waals surface area contributed by atoms with Gasteiger partial charge in [-0.1, -0.05) is 41.9 Å². The molecule has 2 heterocycles. The van der Waals surface area contributed by atoms with Crippen LogP contribution in [0, 0.1) is 5.92 Å². The summed E-state index contributed by atoms with van der Waals surface area (Å²) in [6.45, 7) is 0.661. The zero-order valence-electron chi connectivity index (χ0n) is 17.2. The van der Waals surface area contributed by atoms with E-state index in [9.17, 15) is 18.3 Å². The van der Waals surface area contributed by atoms with E-state index in [1.165, 1.54) is 6.07 Å². The predicted octanol–water partition coefficient (Wildman–Crippen LogP) is 4.42. The molecule has 3 aromatic rings. The van der Waals surface area contributed by atoms with E-state index in [0.29, 0.717) is 18.0 Å². The van der Waals surface area contributed by atoms with Gasteiger partial charge in [-0.3, -0.25) is 4.79 Å². The highest BCUT2D eigenvalue weighted by Crippen LogP contribution is 2.63. The average Bonchev–Trinajstić information content (AvgIpc) is 3.15. The van der Waals surface area contributed by atoms with Crippen molar-refractivity contribution in [1.82, 2.24) is 4.72 Å². The Morgan fingerprint density at radius 1 is 1.16 bits per heavy atom. The number of carboxylic acid groups (broad SMARTS) is 1. The van der Waals surface area contributed by atoms with Crippen LogP contribution in [-0.2, 0) is 14.8 Å². The van der Waals surface area contributed by atoms with Gasteiger partial charge in [0.1, 0.15) is 9.75 Å². The Morgan fingerprint density at radius 3 is 2.59 bits per heavy atom. The molecule has 2 aliphatic rings. The lowest BCUT2D eigenvalue weighted by Gasteiger charge is -2.24. The molecule has 0 amide bonds. The van der Waals surface area contributed by atoms with E-state index < -0.39 is 27.4 Å². The lowest BCUT2D eigenvalue weighted by molar-refractivity contribution is -0.140. The third-order valence-electron chi connectivity index (χ3n) is 6.46. The molecule has 5 rings (SSSR count). The molecular weight excluding hydrogens is 468 g/mol. The number of nitrogens with one attached hydrogen (secondary N) is 1. The van der Waals surface area contributed by atoms with E-state index in [2.05, 4.69) is 9.62 Å². The first kappa shape index (κ1) is 21.5. The van der Waals surface area contributed by atoms with E-state index >= 15 is 0 Å². The summed E-state index contributed by atoms with van der Waals surface area (Å²) in [6.07, 6.45) is 0.588. The number of hydrogen-bond donors (Lipinski definition) is 2. The molecule has 1 aliphatic heterocycles. The number of carboxylic acids is 1. The summed E-state index contributed by atoms with van der Waals surface area (Å²) in [5.41, 5.74) is 1.13. The van der Waals surface area contributed by atoms with Crippen molar-refractivity contribution in [1.29, 1.82) is 0 Å². The molecule has 9 heteroatoms. The summed E-state index contributed by atoms with van der Waals surface area (Å²) in [6, 6.07) is 18.0. The summed E-state index contributed by atoms with van der Waals surface area (Å²) in [5, 5.41) is 10.8. The Labute approximate surface area is 195 Å².